The van der Waals surface area contributed by atoms with Crippen molar-refractivity contribution in [2.75, 3.05) is 13.3 Å². The van der Waals surface area contributed by atoms with Gasteiger partial charge in [-0.05, 0) is 29.8 Å². The number of fused-ring (bicyclic) bond motifs is 1. The summed E-state index contributed by atoms with van der Waals surface area (Å²) in [5.74, 6) is 0.883. The Morgan fingerprint density at radius 1 is 1.08 bits per heavy atom. The number of hydrogen-bond donors (Lipinski definition) is 2. The number of benzene rings is 2. The number of hydrogen-bond acceptors (Lipinski definition) is 6. The molecule has 0 spiro atoms. The summed E-state index contributed by atoms with van der Waals surface area (Å²) in [6, 6.07) is 13.7. The van der Waals surface area contributed by atoms with E-state index >= 15 is 0 Å². The quantitative estimate of drug-likeness (QED) is 0.856. The largest absolute Gasteiger partial charge is 0.454 e. The first-order chi connectivity index (χ1) is 11.5. The van der Waals surface area contributed by atoms with Crippen molar-refractivity contribution in [1.29, 1.82) is 0 Å². The van der Waals surface area contributed by atoms with Crippen LogP contribution in [-0.2, 0) is 9.84 Å². The standard InChI is InChI=1S/C17H18N2O4S/c18-9-17(19)15(11-6-7-13-14(8-11)23-10-22-13)16(17)24(20,21)12-4-2-1-3-5-12/h1-8,15-16H,9-10,18-19H2/t15-,16+,17-/m1/s1. The van der Waals surface area contributed by atoms with E-state index in [9.17, 15) is 8.42 Å². The molecule has 2 aromatic carbocycles. The highest BCUT2D eigenvalue weighted by molar-refractivity contribution is 7.92. The minimum Gasteiger partial charge on any atom is -0.454 e. The minimum absolute atomic E-state index is 0.0861. The molecule has 7 heteroatoms. The average Bonchev–Trinajstić information content (AvgIpc) is 3.00. The molecule has 0 radical (unpaired) electrons. The van der Waals surface area contributed by atoms with Gasteiger partial charge in [-0.15, -0.1) is 0 Å². The molecular weight excluding hydrogens is 328 g/mol. The third-order valence-corrected chi connectivity index (χ3v) is 7.13. The van der Waals surface area contributed by atoms with Crippen molar-refractivity contribution in [2.24, 2.45) is 11.5 Å². The first kappa shape index (κ1) is 15.4. The number of ether oxygens (including phenoxy) is 2. The van der Waals surface area contributed by atoms with Crippen LogP contribution in [0.5, 0.6) is 11.5 Å². The van der Waals surface area contributed by atoms with E-state index in [0.717, 1.165) is 5.56 Å². The third-order valence-electron chi connectivity index (χ3n) is 4.82. The molecule has 2 aromatic rings. The topological polar surface area (TPSA) is 105 Å². The molecule has 0 bridgehead atoms. The predicted molar refractivity (Wildman–Crippen MR) is 88.7 cm³/mol. The van der Waals surface area contributed by atoms with Crippen molar-refractivity contribution in [1.82, 2.24) is 0 Å². The molecule has 1 aliphatic carbocycles. The second-order valence-electron chi connectivity index (χ2n) is 6.19. The average molecular weight is 346 g/mol. The Morgan fingerprint density at radius 3 is 2.50 bits per heavy atom. The van der Waals surface area contributed by atoms with Crippen LogP contribution in [0.15, 0.2) is 53.4 Å². The molecular formula is C17H18N2O4S. The molecule has 126 valence electrons. The summed E-state index contributed by atoms with van der Waals surface area (Å²) in [5.41, 5.74) is 12.0. The van der Waals surface area contributed by atoms with Crippen LogP contribution in [0.3, 0.4) is 0 Å². The van der Waals surface area contributed by atoms with Crippen LogP contribution < -0.4 is 20.9 Å². The minimum atomic E-state index is -3.57. The molecule has 1 saturated carbocycles. The lowest BCUT2D eigenvalue weighted by Crippen LogP contribution is -2.39. The zero-order valence-corrected chi connectivity index (χ0v) is 13.7. The van der Waals surface area contributed by atoms with E-state index in [0.29, 0.717) is 11.5 Å². The lowest BCUT2D eigenvalue weighted by Gasteiger charge is -2.09. The van der Waals surface area contributed by atoms with E-state index in [-0.39, 0.29) is 24.2 Å². The summed E-state index contributed by atoms with van der Waals surface area (Å²) < 4.78 is 36.7. The molecule has 1 fully saturated rings. The predicted octanol–water partition coefficient (Wildman–Crippen LogP) is 1.01. The first-order valence-electron chi connectivity index (χ1n) is 7.66. The molecule has 1 heterocycles. The highest BCUT2D eigenvalue weighted by atomic mass is 32.2. The van der Waals surface area contributed by atoms with Crippen LogP contribution in [0, 0.1) is 0 Å². The molecule has 2 aliphatic rings. The van der Waals surface area contributed by atoms with Gasteiger partial charge >= 0.3 is 0 Å². The molecule has 0 aromatic heterocycles. The van der Waals surface area contributed by atoms with Crippen LogP contribution in [-0.4, -0.2) is 32.5 Å². The molecule has 6 nitrogen and oxygen atoms in total. The molecule has 4 rings (SSSR count). The summed E-state index contributed by atoms with van der Waals surface area (Å²) in [6.07, 6.45) is 0. The first-order valence-corrected chi connectivity index (χ1v) is 9.20. The van der Waals surface area contributed by atoms with Crippen molar-refractivity contribution >= 4 is 9.84 Å². The lowest BCUT2D eigenvalue weighted by atomic mass is 10.1. The maximum Gasteiger partial charge on any atom is 0.231 e. The van der Waals surface area contributed by atoms with E-state index < -0.39 is 20.6 Å². The maximum absolute atomic E-state index is 13.0. The Morgan fingerprint density at radius 2 is 1.79 bits per heavy atom. The molecule has 4 N–H and O–H groups in total. The molecule has 3 atom stereocenters. The lowest BCUT2D eigenvalue weighted by molar-refractivity contribution is 0.174. The highest BCUT2D eigenvalue weighted by Gasteiger charge is 2.68. The van der Waals surface area contributed by atoms with Crippen LogP contribution in [0.4, 0.5) is 0 Å². The molecule has 24 heavy (non-hydrogen) atoms. The van der Waals surface area contributed by atoms with Gasteiger partial charge in [0.05, 0.1) is 15.7 Å². The summed E-state index contributed by atoms with van der Waals surface area (Å²) in [6.45, 7) is 0.253. The van der Waals surface area contributed by atoms with Crippen molar-refractivity contribution in [3.8, 4) is 11.5 Å². The fraction of sp³-hybridized carbons (Fsp3) is 0.294. The van der Waals surface area contributed by atoms with Crippen LogP contribution >= 0.6 is 0 Å². The van der Waals surface area contributed by atoms with Gasteiger partial charge in [-0.1, -0.05) is 24.3 Å². The Bertz CT molecular complexity index is 885. The van der Waals surface area contributed by atoms with Gasteiger partial charge in [-0.3, -0.25) is 0 Å². The van der Waals surface area contributed by atoms with E-state index in [1.165, 1.54) is 0 Å². The van der Waals surface area contributed by atoms with E-state index in [1.807, 2.05) is 6.07 Å². The van der Waals surface area contributed by atoms with Crippen LogP contribution in [0.1, 0.15) is 11.5 Å². The van der Waals surface area contributed by atoms with Crippen LogP contribution in [0.25, 0.3) is 0 Å². The summed E-state index contributed by atoms with van der Waals surface area (Å²) in [7, 11) is -3.57. The van der Waals surface area contributed by atoms with E-state index in [1.54, 1.807) is 42.5 Å². The molecule has 0 unspecified atom stereocenters. The molecule has 1 aliphatic heterocycles. The smallest absolute Gasteiger partial charge is 0.231 e. The van der Waals surface area contributed by atoms with Crippen molar-refractivity contribution in [2.45, 2.75) is 21.6 Å². The zero-order chi connectivity index (χ0) is 16.9. The van der Waals surface area contributed by atoms with Crippen molar-refractivity contribution in [3.05, 3.63) is 54.1 Å². The number of sulfone groups is 1. The number of nitrogens with two attached hydrogens (primary N) is 2. The van der Waals surface area contributed by atoms with E-state index in [2.05, 4.69) is 0 Å². The van der Waals surface area contributed by atoms with Gasteiger partial charge in [-0.25, -0.2) is 8.42 Å². The SMILES string of the molecule is NC[C@@]1(N)[C@H](c2ccc3c(c2)OCO3)[C@@H]1S(=O)(=O)c1ccccc1. The second-order valence-corrected chi connectivity index (χ2v) is 8.25. The van der Waals surface area contributed by atoms with Gasteiger partial charge < -0.3 is 20.9 Å². The fourth-order valence-electron chi connectivity index (χ4n) is 3.48. The van der Waals surface area contributed by atoms with Gasteiger partial charge in [0.1, 0.15) is 0 Å². The number of rotatable bonds is 4. The highest BCUT2D eigenvalue weighted by Crippen LogP contribution is 2.56. The normalized spacial score (nSPS) is 27.9. The van der Waals surface area contributed by atoms with E-state index in [4.69, 9.17) is 20.9 Å². The van der Waals surface area contributed by atoms with Gasteiger partial charge in [0.2, 0.25) is 6.79 Å². The second kappa shape index (κ2) is 5.20. The van der Waals surface area contributed by atoms with Gasteiger partial charge in [0, 0.05) is 12.5 Å². The monoisotopic (exact) mass is 346 g/mol. The van der Waals surface area contributed by atoms with Crippen molar-refractivity contribution in [3.63, 3.8) is 0 Å². The molecule has 0 amide bonds. The summed E-state index contributed by atoms with van der Waals surface area (Å²) >= 11 is 0. The Balaban J connectivity index is 1.74. The van der Waals surface area contributed by atoms with Crippen molar-refractivity contribution < 1.29 is 17.9 Å². The summed E-state index contributed by atoms with van der Waals surface area (Å²) in [4.78, 5) is 0.265. The summed E-state index contributed by atoms with van der Waals surface area (Å²) in [5, 5.41) is -0.752. The van der Waals surface area contributed by atoms with Gasteiger partial charge in [0.25, 0.3) is 0 Å². The van der Waals surface area contributed by atoms with Gasteiger partial charge in [-0.2, -0.15) is 0 Å². The zero-order valence-electron chi connectivity index (χ0n) is 12.9. The van der Waals surface area contributed by atoms with Crippen LogP contribution in [0.2, 0.25) is 0 Å². The molecule has 0 saturated heterocycles. The fourth-order valence-corrected chi connectivity index (χ4v) is 5.82. The van der Waals surface area contributed by atoms with Gasteiger partial charge in [0.15, 0.2) is 21.3 Å². The third kappa shape index (κ3) is 2.12. The Labute approximate surface area is 140 Å². The Hall–Kier alpha value is -2.09. The Kier molecular flexibility index (Phi) is 3.35. The maximum atomic E-state index is 13.0.